The molecule has 1 aliphatic rings. The number of amides is 1. The maximum Gasteiger partial charge on any atom is 0.272 e. The first kappa shape index (κ1) is 22.7. The highest BCUT2D eigenvalue weighted by Crippen LogP contribution is 2.50. The van der Waals surface area contributed by atoms with E-state index < -0.39 is 34.5 Å². The highest BCUT2D eigenvalue weighted by Gasteiger charge is 2.49. The van der Waals surface area contributed by atoms with Crippen molar-refractivity contribution in [3.8, 4) is 0 Å². The van der Waals surface area contributed by atoms with Gasteiger partial charge in [0.2, 0.25) is 5.96 Å². The first-order valence-electron chi connectivity index (χ1n) is 9.27. The van der Waals surface area contributed by atoms with Gasteiger partial charge >= 0.3 is 0 Å². The van der Waals surface area contributed by atoms with Gasteiger partial charge in [-0.05, 0) is 30.7 Å². The number of hydrazone groups is 1. The molecule has 2 atom stereocenters. The monoisotopic (exact) mass is 449 g/mol. The van der Waals surface area contributed by atoms with Gasteiger partial charge < -0.3 is 10.8 Å². The molecule has 1 amide bonds. The van der Waals surface area contributed by atoms with Gasteiger partial charge in [0, 0.05) is 12.0 Å². The first-order valence-corrected chi connectivity index (χ1v) is 10.1. The third-order valence-corrected chi connectivity index (χ3v) is 5.92. The summed E-state index contributed by atoms with van der Waals surface area (Å²) in [5.74, 6) is -2.47. The zero-order valence-corrected chi connectivity index (χ0v) is 17.3. The summed E-state index contributed by atoms with van der Waals surface area (Å²) in [6.07, 6.45) is -1.26. The van der Waals surface area contributed by atoms with Crippen molar-refractivity contribution in [2.75, 3.05) is 6.61 Å². The van der Waals surface area contributed by atoms with Gasteiger partial charge in [-0.25, -0.2) is 19.3 Å². The van der Waals surface area contributed by atoms with Crippen LogP contribution in [0.5, 0.6) is 0 Å². The summed E-state index contributed by atoms with van der Waals surface area (Å²) in [6.45, 7) is 1.28. The molecule has 2 aromatic carbocycles. The largest absolute Gasteiger partial charge is 0.383 e. The van der Waals surface area contributed by atoms with Crippen molar-refractivity contribution in [3.63, 3.8) is 0 Å². The number of aliphatic hydroxyl groups is 1. The van der Waals surface area contributed by atoms with E-state index in [2.05, 4.69) is 10.6 Å². The van der Waals surface area contributed by atoms with Crippen LogP contribution in [0.4, 0.5) is 8.78 Å². The number of carbonyl (C=O) groups is 1. The number of halogens is 2. The van der Waals surface area contributed by atoms with Crippen LogP contribution in [-0.2, 0) is 14.5 Å². The molecule has 2 aromatic rings. The van der Waals surface area contributed by atoms with Crippen molar-refractivity contribution in [1.29, 1.82) is 5.41 Å². The van der Waals surface area contributed by atoms with Gasteiger partial charge in [0.25, 0.3) is 5.91 Å². The maximum absolute atomic E-state index is 14.5. The van der Waals surface area contributed by atoms with Crippen molar-refractivity contribution in [2.24, 2.45) is 10.8 Å². The van der Waals surface area contributed by atoms with Crippen LogP contribution < -0.4 is 11.2 Å². The fourth-order valence-corrected chi connectivity index (χ4v) is 4.43. The van der Waals surface area contributed by atoms with E-state index in [-0.39, 0.29) is 23.6 Å². The third-order valence-electron chi connectivity index (χ3n) is 4.47. The molecule has 164 valence electrons. The van der Waals surface area contributed by atoms with Crippen LogP contribution in [0.3, 0.4) is 0 Å². The average Bonchev–Trinajstić information content (AvgIpc) is 3.13. The van der Waals surface area contributed by atoms with Crippen LogP contribution in [0.25, 0.3) is 0 Å². The second kappa shape index (κ2) is 9.41. The minimum atomic E-state index is -1.39. The van der Waals surface area contributed by atoms with Crippen LogP contribution in [0.2, 0.25) is 0 Å². The Bertz CT molecular complexity index is 1010. The second-order valence-corrected chi connectivity index (χ2v) is 7.99. The lowest BCUT2D eigenvalue weighted by Crippen LogP contribution is -2.46. The summed E-state index contributed by atoms with van der Waals surface area (Å²) in [5, 5.41) is 22.6. The SMILES string of the molecule is C[C@H](O)C(=O)N1N=C(c2cc(F)ccc2F)SC1(CCONC(=N)N)c1ccccc1. The smallest absolute Gasteiger partial charge is 0.272 e. The number of hydroxylamine groups is 1. The number of rotatable bonds is 7. The predicted molar refractivity (Wildman–Crippen MR) is 113 cm³/mol. The van der Waals surface area contributed by atoms with Crippen molar-refractivity contribution < 1.29 is 23.5 Å². The molecular formula is C20H21F2N5O3S. The number of hydrogen-bond acceptors (Lipinski definition) is 6. The van der Waals surface area contributed by atoms with Crippen LogP contribution in [0.1, 0.15) is 24.5 Å². The number of nitrogens with two attached hydrogens (primary N) is 1. The summed E-state index contributed by atoms with van der Waals surface area (Å²) in [6, 6.07) is 11.8. The number of hydrogen-bond donors (Lipinski definition) is 4. The maximum atomic E-state index is 14.5. The fourth-order valence-electron chi connectivity index (χ4n) is 3.07. The van der Waals surface area contributed by atoms with Gasteiger partial charge in [-0.3, -0.25) is 15.0 Å². The summed E-state index contributed by atoms with van der Waals surface area (Å²) in [5.41, 5.74) is 7.97. The number of nitrogens with one attached hydrogen (secondary N) is 2. The Labute approximate surface area is 181 Å². The Morgan fingerprint density at radius 3 is 2.71 bits per heavy atom. The Morgan fingerprint density at radius 2 is 2.06 bits per heavy atom. The molecule has 1 unspecified atom stereocenters. The molecule has 1 heterocycles. The zero-order valence-electron chi connectivity index (χ0n) is 16.5. The Kier molecular flexibility index (Phi) is 6.88. The number of carbonyl (C=O) groups excluding carboxylic acids is 1. The van der Waals surface area contributed by atoms with E-state index in [0.29, 0.717) is 5.56 Å². The lowest BCUT2D eigenvalue weighted by atomic mass is 10.0. The van der Waals surface area contributed by atoms with Gasteiger partial charge in [0.1, 0.15) is 27.7 Å². The standard InChI is InChI=1S/C20H21F2N5O3S/c1-12(28)18(29)27-20(9-10-30-26-19(23)24,13-5-3-2-4-6-13)31-17(25-27)15-11-14(21)7-8-16(15)22/h2-8,11-12,28H,9-10H2,1H3,(H4,23,24,26)/t12-,20?/m0/s1. The van der Waals surface area contributed by atoms with Crippen LogP contribution in [0, 0.1) is 17.0 Å². The molecule has 0 saturated heterocycles. The Morgan fingerprint density at radius 1 is 1.35 bits per heavy atom. The van der Waals surface area contributed by atoms with Crippen molar-refractivity contribution in [2.45, 2.75) is 24.3 Å². The van der Waals surface area contributed by atoms with Crippen LogP contribution >= 0.6 is 11.8 Å². The van der Waals surface area contributed by atoms with Gasteiger partial charge in [0.15, 0.2) is 0 Å². The van der Waals surface area contributed by atoms with E-state index in [0.717, 1.165) is 35.0 Å². The Balaban J connectivity index is 2.07. The number of benzene rings is 2. The van der Waals surface area contributed by atoms with E-state index in [1.165, 1.54) is 6.92 Å². The highest BCUT2D eigenvalue weighted by atomic mass is 32.2. The van der Waals surface area contributed by atoms with Gasteiger partial charge in [-0.15, -0.1) is 0 Å². The molecule has 0 aliphatic carbocycles. The third kappa shape index (κ3) is 4.84. The van der Waals surface area contributed by atoms with E-state index >= 15 is 0 Å². The summed E-state index contributed by atoms with van der Waals surface area (Å²) in [7, 11) is 0. The molecule has 8 nitrogen and oxygen atoms in total. The molecule has 11 heteroatoms. The summed E-state index contributed by atoms with van der Waals surface area (Å²) in [4.78, 5) is 16.8. The van der Waals surface area contributed by atoms with Gasteiger partial charge in [-0.1, -0.05) is 42.1 Å². The van der Waals surface area contributed by atoms with E-state index in [9.17, 15) is 18.7 Å². The van der Waals surface area contributed by atoms with Crippen molar-refractivity contribution >= 4 is 28.7 Å². The quantitative estimate of drug-likeness (QED) is 0.222. The molecule has 3 rings (SSSR count). The topological polar surface area (TPSA) is 124 Å². The number of guanidine groups is 1. The molecular weight excluding hydrogens is 428 g/mol. The molecule has 0 saturated carbocycles. The van der Waals surface area contributed by atoms with Crippen molar-refractivity contribution in [1.82, 2.24) is 10.5 Å². The normalized spacial score (nSPS) is 19.1. The minimum absolute atomic E-state index is 0.0144. The lowest BCUT2D eigenvalue weighted by Gasteiger charge is -2.36. The molecule has 0 bridgehead atoms. The minimum Gasteiger partial charge on any atom is -0.383 e. The molecule has 0 radical (unpaired) electrons. The van der Waals surface area contributed by atoms with E-state index in [1.807, 2.05) is 0 Å². The Hall–Kier alpha value is -3.02. The fraction of sp³-hybridized carbons (Fsp3) is 0.250. The molecule has 5 N–H and O–H groups in total. The molecule has 0 aromatic heterocycles. The van der Waals surface area contributed by atoms with Crippen LogP contribution in [-0.4, -0.2) is 39.7 Å². The van der Waals surface area contributed by atoms with E-state index in [4.69, 9.17) is 16.0 Å². The zero-order chi connectivity index (χ0) is 22.6. The number of nitrogens with zero attached hydrogens (tertiary/aromatic N) is 2. The highest BCUT2D eigenvalue weighted by molar-refractivity contribution is 8.15. The summed E-state index contributed by atoms with van der Waals surface area (Å²) >= 11 is 1.04. The van der Waals surface area contributed by atoms with Crippen molar-refractivity contribution in [3.05, 3.63) is 71.3 Å². The average molecular weight is 449 g/mol. The first-order chi connectivity index (χ1) is 14.7. The number of aliphatic hydroxyl groups excluding tert-OH is 1. The lowest BCUT2D eigenvalue weighted by molar-refractivity contribution is -0.143. The van der Waals surface area contributed by atoms with Gasteiger partial charge in [0.05, 0.1) is 6.61 Å². The van der Waals surface area contributed by atoms with Crippen LogP contribution in [0.15, 0.2) is 53.6 Å². The second-order valence-electron chi connectivity index (χ2n) is 6.72. The summed E-state index contributed by atoms with van der Waals surface area (Å²) < 4.78 is 28.3. The molecule has 1 aliphatic heterocycles. The number of thioether (sulfide) groups is 1. The molecule has 31 heavy (non-hydrogen) atoms. The molecule has 0 spiro atoms. The molecule has 0 fully saturated rings. The van der Waals surface area contributed by atoms with E-state index in [1.54, 1.807) is 30.3 Å². The predicted octanol–water partition coefficient (Wildman–Crippen LogP) is 2.24. The van der Waals surface area contributed by atoms with Gasteiger partial charge in [-0.2, -0.15) is 5.10 Å².